The highest BCUT2D eigenvalue weighted by molar-refractivity contribution is 6.39. The van der Waals surface area contributed by atoms with Gasteiger partial charge < -0.3 is 43.5 Å². The lowest BCUT2D eigenvalue weighted by atomic mass is 9.81. The van der Waals surface area contributed by atoms with Crippen molar-refractivity contribution in [2.24, 2.45) is 29.6 Å². The molecule has 1 aliphatic carbocycles. The number of aliphatic hydroxyl groups excluding tert-OH is 1. The van der Waals surface area contributed by atoms with Crippen LogP contribution in [0.15, 0.2) is 53.6 Å². The number of esters is 1. The lowest BCUT2D eigenvalue weighted by Crippen LogP contribution is -2.64. The van der Waals surface area contributed by atoms with Gasteiger partial charge in [0.1, 0.15) is 24.0 Å². The second-order valence-corrected chi connectivity index (χ2v) is 19.9. The summed E-state index contributed by atoms with van der Waals surface area (Å²) in [7, 11) is 4.75. The molecule has 0 spiro atoms. The Kier molecular flexibility index (Phi) is 20.2. The van der Waals surface area contributed by atoms with Crippen LogP contribution in [0.1, 0.15) is 118 Å². The van der Waals surface area contributed by atoms with Crippen LogP contribution in [0.4, 0.5) is 0 Å². The summed E-state index contributed by atoms with van der Waals surface area (Å²) in [6, 6.07) is 6.43. The van der Waals surface area contributed by atoms with E-state index in [-0.39, 0.29) is 55.6 Å². The Morgan fingerprint density at radius 2 is 1.59 bits per heavy atom. The van der Waals surface area contributed by atoms with E-state index in [1.54, 1.807) is 21.0 Å². The number of ketones is 2. The van der Waals surface area contributed by atoms with Crippen LogP contribution in [0, 0.1) is 29.6 Å². The fourth-order valence-corrected chi connectivity index (χ4v) is 10.6. The SMILES string of the molecule is CCC1/C=C(\C)CC(C)CC(OC)C2OC(O)(C(=O)C(=O)N3CCCCC3C(=O)OC(C(C)=CC3CCC(OCC=Cc4ccc(Cl)cc4)C(OC)C3)C(C)C(O)CC1=O)C(C)CC2OC. The maximum Gasteiger partial charge on any atom is 0.329 e. The molecule has 0 radical (unpaired) electrons. The number of nitrogens with zero attached hydrogens (tertiary/aromatic N) is 1. The van der Waals surface area contributed by atoms with Crippen LogP contribution < -0.4 is 0 Å². The molecule has 368 valence electrons. The van der Waals surface area contributed by atoms with Gasteiger partial charge in [-0.05, 0) is 113 Å². The van der Waals surface area contributed by atoms with Gasteiger partial charge in [0, 0.05) is 57.1 Å². The number of allylic oxidation sites excluding steroid dienone is 3. The first-order valence-corrected chi connectivity index (χ1v) is 24.5. The lowest BCUT2D eigenvalue weighted by Gasteiger charge is -2.47. The van der Waals surface area contributed by atoms with Crippen molar-refractivity contribution in [3.63, 3.8) is 0 Å². The van der Waals surface area contributed by atoms with Gasteiger partial charge >= 0.3 is 5.97 Å². The van der Waals surface area contributed by atoms with Crippen LogP contribution >= 0.6 is 11.6 Å². The summed E-state index contributed by atoms with van der Waals surface area (Å²) in [6.45, 7) is 11.8. The van der Waals surface area contributed by atoms with Gasteiger partial charge in [-0.15, -0.1) is 0 Å². The summed E-state index contributed by atoms with van der Waals surface area (Å²) >= 11 is 6.03. The maximum absolute atomic E-state index is 14.5. The Morgan fingerprint density at radius 3 is 2.26 bits per heavy atom. The van der Waals surface area contributed by atoms with E-state index in [9.17, 15) is 29.4 Å². The molecule has 1 saturated carbocycles. The first-order valence-electron chi connectivity index (χ1n) is 24.1. The van der Waals surface area contributed by atoms with Crippen molar-refractivity contribution in [2.45, 2.75) is 167 Å². The quantitative estimate of drug-likeness (QED) is 0.133. The van der Waals surface area contributed by atoms with E-state index < -0.39 is 77.8 Å². The average molecular weight is 943 g/mol. The fraction of sp³-hybridized carbons (Fsp3) is 0.692. The first kappa shape index (κ1) is 53.7. The number of carbonyl (C=O) groups excluding carboxylic acids is 4. The molecule has 2 N–H and O–H groups in total. The van der Waals surface area contributed by atoms with Crippen LogP contribution in [-0.2, 0) is 47.6 Å². The highest BCUT2D eigenvalue weighted by Crippen LogP contribution is 2.39. The summed E-state index contributed by atoms with van der Waals surface area (Å²) in [5, 5.41) is 24.6. The number of hydrogen-bond acceptors (Lipinski definition) is 12. The van der Waals surface area contributed by atoms with Crippen LogP contribution in [-0.4, -0.2) is 128 Å². The van der Waals surface area contributed by atoms with Crippen molar-refractivity contribution in [1.29, 1.82) is 0 Å². The summed E-state index contributed by atoms with van der Waals surface area (Å²) in [6.07, 6.45) is 8.68. The number of Topliss-reactive ketones (excluding diaryl/α,β-unsaturated/α-hetero) is 2. The van der Waals surface area contributed by atoms with Gasteiger partial charge in [-0.2, -0.15) is 0 Å². The standard InChI is InChI=1S/C52H76ClNO12/c1-10-38-25-31(2)24-32(3)26-45(62-8)48-46(63-9)28-34(5)52(60,66-48)49(57)50(58)54-22-12-11-15-40(54)51(59)65-47(35(6)41(55)30-42(38)56)33(4)27-37-18-21-43(44(29-37)61-7)64-23-13-14-36-16-19-39(53)20-17-36/h13-14,16-17,19-20,25,27,32,34-35,37-38,40-41,43-48,55,60H,10-12,15,18,21-24,26,28-30H2,1-9H3/b14-13?,31-25+,33-27?. The molecule has 3 heterocycles. The smallest absolute Gasteiger partial charge is 0.329 e. The predicted octanol–water partition coefficient (Wildman–Crippen LogP) is 7.86. The fourth-order valence-electron chi connectivity index (χ4n) is 10.5. The highest BCUT2D eigenvalue weighted by Gasteiger charge is 2.56. The zero-order valence-electron chi connectivity index (χ0n) is 40.6. The number of cyclic esters (lactones) is 1. The Hall–Kier alpha value is -3.27. The molecule has 3 fully saturated rings. The Labute approximate surface area is 397 Å². The maximum atomic E-state index is 14.5. The molecular weight excluding hydrogens is 866 g/mol. The molecule has 2 saturated heterocycles. The lowest BCUT2D eigenvalue weighted by molar-refractivity contribution is -0.302. The summed E-state index contributed by atoms with van der Waals surface area (Å²) in [5.41, 5.74) is 2.71. The molecule has 1 aromatic rings. The minimum absolute atomic E-state index is 0.0250. The van der Waals surface area contributed by atoms with Crippen LogP contribution in [0.5, 0.6) is 0 Å². The first-order chi connectivity index (χ1) is 31.4. The van der Waals surface area contributed by atoms with Crippen LogP contribution in [0.3, 0.4) is 0 Å². The third-order valence-electron chi connectivity index (χ3n) is 14.5. The largest absolute Gasteiger partial charge is 0.456 e. The van der Waals surface area contributed by atoms with E-state index in [1.165, 1.54) is 19.1 Å². The second-order valence-electron chi connectivity index (χ2n) is 19.4. The number of rotatable bonds is 10. The van der Waals surface area contributed by atoms with Crippen molar-refractivity contribution >= 4 is 41.1 Å². The minimum atomic E-state index is -2.51. The molecule has 14 unspecified atom stereocenters. The van der Waals surface area contributed by atoms with Gasteiger partial charge in [0.25, 0.3) is 11.7 Å². The van der Waals surface area contributed by atoms with E-state index in [2.05, 4.69) is 13.0 Å². The number of hydrogen-bond donors (Lipinski definition) is 2. The number of methoxy groups -OCH3 is 3. The van der Waals surface area contributed by atoms with E-state index in [0.717, 1.165) is 24.0 Å². The molecule has 1 amide bonds. The van der Waals surface area contributed by atoms with Crippen molar-refractivity contribution in [2.75, 3.05) is 34.5 Å². The Balaban J connectivity index is 1.44. The minimum Gasteiger partial charge on any atom is -0.456 e. The van der Waals surface area contributed by atoms with Gasteiger partial charge in [0.2, 0.25) is 5.79 Å². The molecule has 3 aliphatic heterocycles. The van der Waals surface area contributed by atoms with E-state index in [1.807, 2.05) is 63.3 Å². The molecular formula is C52H76ClNO12. The van der Waals surface area contributed by atoms with E-state index >= 15 is 0 Å². The zero-order chi connectivity index (χ0) is 48.3. The number of piperidine rings is 1. The number of halogens is 1. The van der Waals surface area contributed by atoms with E-state index in [0.29, 0.717) is 55.7 Å². The number of aliphatic hydroxyl groups is 2. The molecule has 0 aromatic heterocycles. The number of fused-ring (bicyclic) bond motifs is 3. The number of ether oxygens (including phenoxy) is 6. The van der Waals surface area contributed by atoms with Crippen LogP contribution in [0.2, 0.25) is 5.02 Å². The molecule has 14 atom stereocenters. The highest BCUT2D eigenvalue weighted by atomic mass is 35.5. The van der Waals surface area contributed by atoms with Crippen molar-refractivity contribution in [3.05, 3.63) is 64.2 Å². The van der Waals surface area contributed by atoms with Crippen molar-refractivity contribution < 1.29 is 57.8 Å². The van der Waals surface area contributed by atoms with Gasteiger partial charge in [-0.3, -0.25) is 14.4 Å². The van der Waals surface area contributed by atoms with Gasteiger partial charge in [0.05, 0.1) is 37.1 Å². The number of benzene rings is 1. The molecule has 2 bridgehead atoms. The van der Waals surface area contributed by atoms with Gasteiger partial charge in [-0.25, -0.2) is 4.79 Å². The number of carbonyl (C=O) groups is 4. The second kappa shape index (κ2) is 24.8. The zero-order valence-corrected chi connectivity index (χ0v) is 41.4. The third kappa shape index (κ3) is 13.5. The molecule has 14 heteroatoms. The van der Waals surface area contributed by atoms with Crippen molar-refractivity contribution in [3.8, 4) is 0 Å². The normalized spacial score (nSPS) is 37.2. The predicted molar refractivity (Wildman–Crippen MR) is 252 cm³/mol. The van der Waals surface area contributed by atoms with E-state index in [4.69, 9.17) is 40.0 Å². The Morgan fingerprint density at radius 1 is 0.909 bits per heavy atom. The molecule has 66 heavy (non-hydrogen) atoms. The molecule has 1 aromatic carbocycles. The molecule has 4 aliphatic rings. The van der Waals surface area contributed by atoms with Crippen molar-refractivity contribution in [1.82, 2.24) is 4.90 Å². The van der Waals surface area contributed by atoms with Crippen LogP contribution in [0.25, 0.3) is 6.08 Å². The topological polar surface area (TPSA) is 167 Å². The van der Waals surface area contributed by atoms with Gasteiger partial charge in [-0.1, -0.05) is 81.3 Å². The average Bonchev–Trinajstić information content (AvgIpc) is 3.30. The molecule has 5 rings (SSSR count). The van der Waals surface area contributed by atoms with Gasteiger partial charge in [0.15, 0.2) is 0 Å². The third-order valence-corrected chi connectivity index (χ3v) is 14.7. The summed E-state index contributed by atoms with van der Waals surface area (Å²) in [4.78, 5) is 58.4. The Bertz CT molecular complexity index is 1880. The monoisotopic (exact) mass is 942 g/mol. The summed E-state index contributed by atoms with van der Waals surface area (Å²) in [5.74, 6) is -7.49. The number of amides is 1. The summed E-state index contributed by atoms with van der Waals surface area (Å²) < 4.78 is 36.6. The molecule has 13 nitrogen and oxygen atoms in total.